The van der Waals surface area contributed by atoms with Crippen molar-refractivity contribution in [1.82, 2.24) is 0 Å². The molecule has 0 rings (SSSR count). The van der Waals surface area contributed by atoms with Gasteiger partial charge in [-0.15, -0.1) is 0 Å². The fourth-order valence-electron chi connectivity index (χ4n) is 2.63. The maximum Gasteiger partial charge on any atom is -0.0275 e. The van der Waals surface area contributed by atoms with Gasteiger partial charge in [0.15, 0.2) is 0 Å². The van der Waals surface area contributed by atoms with Gasteiger partial charge in [-0.1, -0.05) is 97.6 Å². The Bertz CT molecular complexity index is 214. The second kappa shape index (κ2) is 16.1. The van der Waals surface area contributed by atoms with Crippen LogP contribution < -0.4 is 0 Å². The van der Waals surface area contributed by atoms with E-state index in [4.69, 9.17) is 0 Å². The molecule has 0 aromatic rings. The van der Waals surface area contributed by atoms with Crippen LogP contribution in [-0.4, -0.2) is 0 Å². The zero-order valence-electron chi connectivity index (χ0n) is 15.4. The van der Waals surface area contributed by atoms with E-state index in [0.717, 1.165) is 5.92 Å². The third-order valence-corrected chi connectivity index (χ3v) is 4.63. The van der Waals surface area contributed by atoms with Crippen molar-refractivity contribution in [2.24, 2.45) is 5.92 Å². The van der Waals surface area contributed by atoms with Gasteiger partial charge in [0, 0.05) is 0 Å². The first-order valence-electron chi connectivity index (χ1n) is 9.63. The van der Waals surface area contributed by atoms with Crippen LogP contribution in [0.2, 0.25) is 0 Å². The zero-order chi connectivity index (χ0) is 15.8. The largest absolute Gasteiger partial charge is 0.0885 e. The van der Waals surface area contributed by atoms with Gasteiger partial charge < -0.3 is 0 Å². The molecule has 0 heteroatoms. The summed E-state index contributed by atoms with van der Waals surface area (Å²) in [5.41, 5.74) is 0. The highest BCUT2D eigenvalue weighted by molar-refractivity contribution is 4.83. The van der Waals surface area contributed by atoms with E-state index in [0.29, 0.717) is 0 Å². The molecule has 0 nitrogen and oxygen atoms in total. The van der Waals surface area contributed by atoms with Crippen LogP contribution in [0.4, 0.5) is 0 Å². The molecule has 0 saturated heterocycles. The number of hydrogen-bond donors (Lipinski definition) is 0. The average Bonchev–Trinajstić information content (AvgIpc) is 2.47. The lowest BCUT2D eigenvalue weighted by molar-refractivity contribution is 0.501. The van der Waals surface area contributed by atoms with Crippen molar-refractivity contribution in [3.05, 3.63) is 18.1 Å². The van der Waals surface area contributed by atoms with Crippen LogP contribution in [-0.2, 0) is 0 Å². The summed E-state index contributed by atoms with van der Waals surface area (Å²) in [6.45, 7) is 9.17. The minimum absolute atomic E-state index is 0.822. The fourth-order valence-corrected chi connectivity index (χ4v) is 2.63. The average molecular weight is 294 g/mol. The third kappa shape index (κ3) is 15.9. The van der Waals surface area contributed by atoms with E-state index in [1.165, 1.54) is 83.5 Å². The second-order valence-corrected chi connectivity index (χ2v) is 7.00. The molecule has 0 N–H and O–H groups in total. The Balaban J connectivity index is 3.15. The van der Waals surface area contributed by atoms with E-state index in [1.807, 2.05) is 0 Å². The second-order valence-electron chi connectivity index (χ2n) is 7.00. The zero-order valence-corrected chi connectivity index (χ0v) is 15.4. The molecule has 1 unspecified atom stereocenters. The highest BCUT2D eigenvalue weighted by atomic mass is 14.1. The molecule has 0 aromatic carbocycles. The summed E-state index contributed by atoms with van der Waals surface area (Å²) in [7, 11) is 0. The van der Waals surface area contributed by atoms with Crippen molar-refractivity contribution in [3.8, 4) is 0 Å². The maximum atomic E-state index is 2.42. The van der Waals surface area contributed by atoms with Crippen molar-refractivity contribution < 1.29 is 0 Å². The summed E-state index contributed by atoms with van der Waals surface area (Å²) >= 11 is 0. The van der Waals surface area contributed by atoms with Gasteiger partial charge in [-0.3, -0.25) is 0 Å². The standard InChI is InChI=1S/C21H41/c1-5-6-7-8-9-10-11-12-13-14-15-16-17-18-19-21(4)20(2)3/h12-13,21H,5-11,14-19H2,1-4H3/b13-12-. The summed E-state index contributed by atoms with van der Waals surface area (Å²) in [5.74, 6) is 2.41. The molecule has 0 bridgehead atoms. The summed E-state index contributed by atoms with van der Waals surface area (Å²) in [4.78, 5) is 0. The Morgan fingerprint density at radius 3 is 1.71 bits per heavy atom. The molecule has 1 radical (unpaired) electrons. The monoisotopic (exact) mass is 293 g/mol. The predicted molar refractivity (Wildman–Crippen MR) is 98.6 cm³/mol. The van der Waals surface area contributed by atoms with Gasteiger partial charge in [-0.2, -0.15) is 0 Å². The molecule has 1 atom stereocenters. The SMILES string of the molecule is CCCCCCCC/C=C\CCCCCCC(C)[C](C)C. The lowest BCUT2D eigenvalue weighted by atomic mass is 9.92. The minimum Gasteiger partial charge on any atom is -0.0885 e. The summed E-state index contributed by atoms with van der Waals surface area (Å²) in [6.07, 6.45) is 22.9. The third-order valence-electron chi connectivity index (χ3n) is 4.63. The minimum atomic E-state index is 0.822. The molecular formula is C21H41. The molecule has 0 saturated carbocycles. The quantitative estimate of drug-likeness (QED) is 0.213. The first-order valence-corrected chi connectivity index (χ1v) is 9.63. The van der Waals surface area contributed by atoms with Crippen molar-refractivity contribution in [3.63, 3.8) is 0 Å². The Morgan fingerprint density at radius 2 is 1.19 bits per heavy atom. The summed E-state index contributed by atoms with van der Waals surface area (Å²) in [6, 6.07) is 0. The molecule has 21 heavy (non-hydrogen) atoms. The van der Waals surface area contributed by atoms with Gasteiger partial charge in [-0.25, -0.2) is 0 Å². The van der Waals surface area contributed by atoms with Crippen LogP contribution in [0.15, 0.2) is 12.2 Å². The van der Waals surface area contributed by atoms with Gasteiger partial charge >= 0.3 is 0 Å². The summed E-state index contributed by atoms with van der Waals surface area (Å²) in [5, 5.41) is 0. The maximum absolute atomic E-state index is 2.42. The van der Waals surface area contributed by atoms with E-state index in [2.05, 4.69) is 39.8 Å². The fraction of sp³-hybridized carbons (Fsp3) is 0.857. The topological polar surface area (TPSA) is 0 Å². The van der Waals surface area contributed by atoms with Crippen molar-refractivity contribution >= 4 is 0 Å². The van der Waals surface area contributed by atoms with E-state index in [1.54, 1.807) is 5.92 Å². The Hall–Kier alpha value is -0.260. The van der Waals surface area contributed by atoms with Gasteiger partial charge in [0.25, 0.3) is 0 Å². The van der Waals surface area contributed by atoms with Crippen LogP contribution in [0.1, 0.15) is 111 Å². The van der Waals surface area contributed by atoms with Crippen LogP contribution in [0.5, 0.6) is 0 Å². The smallest absolute Gasteiger partial charge is 0.0275 e. The van der Waals surface area contributed by atoms with E-state index in [-0.39, 0.29) is 0 Å². The Labute approximate surface area is 135 Å². The van der Waals surface area contributed by atoms with Gasteiger partial charge in [0.05, 0.1) is 0 Å². The first kappa shape index (κ1) is 20.7. The predicted octanol–water partition coefficient (Wildman–Crippen LogP) is 7.88. The van der Waals surface area contributed by atoms with Crippen LogP contribution in [0.3, 0.4) is 0 Å². The van der Waals surface area contributed by atoms with Crippen LogP contribution in [0.25, 0.3) is 0 Å². The Morgan fingerprint density at radius 1 is 0.714 bits per heavy atom. The first-order chi connectivity index (χ1) is 10.2. The molecule has 0 amide bonds. The number of unbranched alkanes of at least 4 members (excludes halogenated alkanes) is 10. The molecule has 0 aliphatic carbocycles. The molecule has 0 aromatic heterocycles. The van der Waals surface area contributed by atoms with Gasteiger partial charge in [0.2, 0.25) is 0 Å². The van der Waals surface area contributed by atoms with Crippen LogP contribution in [0, 0.1) is 11.8 Å². The normalized spacial score (nSPS) is 13.4. The molecule has 0 heterocycles. The Kier molecular flexibility index (Phi) is 15.9. The van der Waals surface area contributed by atoms with Crippen molar-refractivity contribution in [1.29, 1.82) is 0 Å². The highest BCUT2D eigenvalue weighted by Gasteiger charge is 2.06. The van der Waals surface area contributed by atoms with Crippen LogP contribution >= 0.6 is 0 Å². The molecular weight excluding hydrogens is 252 g/mol. The number of hydrogen-bond acceptors (Lipinski definition) is 0. The van der Waals surface area contributed by atoms with Gasteiger partial charge in [0.1, 0.15) is 0 Å². The molecule has 0 aliphatic rings. The van der Waals surface area contributed by atoms with Crippen molar-refractivity contribution in [2.75, 3.05) is 0 Å². The molecule has 0 spiro atoms. The van der Waals surface area contributed by atoms with Gasteiger partial charge in [-0.05, 0) is 37.5 Å². The molecule has 0 aliphatic heterocycles. The number of allylic oxidation sites excluding steroid dienone is 2. The van der Waals surface area contributed by atoms with Crippen molar-refractivity contribution in [2.45, 2.75) is 111 Å². The van der Waals surface area contributed by atoms with E-state index >= 15 is 0 Å². The van der Waals surface area contributed by atoms with E-state index in [9.17, 15) is 0 Å². The van der Waals surface area contributed by atoms with E-state index < -0.39 is 0 Å². The lowest BCUT2D eigenvalue weighted by Gasteiger charge is -2.14. The lowest BCUT2D eigenvalue weighted by Crippen LogP contribution is -2.01. The number of rotatable bonds is 15. The molecule has 0 fully saturated rings. The summed E-state index contributed by atoms with van der Waals surface area (Å²) < 4.78 is 0. The highest BCUT2D eigenvalue weighted by Crippen LogP contribution is 2.19. The molecule has 125 valence electrons.